The van der Waals surface area contributed by atoms with Gasteiger partial charge >= 0.3 is 0 Å². The Bertz CT molecular complexity index is 393. The van der Waals surface area contributed by atoms with Crippen molar-refractivity contribution in [2.45, 2.75) is 6.92 Å². The zero-order valence-corrected chi connectivity index (χ0v) is 8.45. The molecule has 0 bridgehead atoms. The minimum Gasteiger partial charge on any atom is -0.370 e. The third-order valence-corrected chi connectivity index (χ3v) is 1.76. The van der Waals surface area contributed by atoms with E-state index in [9.17, 15) is 4.79 Å². The van der Waals surface area contributed by atoms with Gasteiger partial charge < -0.3 is 5.73 Å². The van der Waals surface area contributed by atoms with Crippen LogP contribution in [0.4, 0.5) is 0 Å². The van der Waals surface area contributed by atoms with Gasteiger partial charge in [-0.15, -0.1) is 0 Å². The van der Waals surface area contributed by atoms with Crippen LogP contribution in [0.25, 0.3) is 6.08 Å². The minimum atomic E-state index is -0.400. The van der Waals surface area contributed by atoms with Crippen molar-refractivity contribution < 1.29 is 4.79 Å². The number of rotatable bonds is 2. The molecule has 0 saturated carbocycles. The van der Waals surface area contributed by atoms with Crippen LogP contribution in [0.1, 0.15) is 11.1 Å². The number of aryl methyl sites for hydroxylation is 1. The summed E-state index contributed by atoms with van der Waals surface area (Å²) in [5, 5.41) is 9.01. The van der Waals surface area contributed by atoms with Crippen LogP contribution in [-0.4, -0.2) is 11.9 Å². The van der Waals surface area contributed by atoms with E-state index in [4.69, 9.17) is 11.1 Å². The Kier molecular flexibility index (Phi) is 3.62. The number of hydrogen-bond donors (Lipinski definition) is 3. The van der Waals surface area contributed by atoms with Gasteiger partial charge in [-0.2, -0.15) is 0 Å². The molecule has 1 amide bonds. The lowest BCUT2D eigenvalue weighted by Gasteiger charge is -1.97. The number of guanidine groups is 1. The first-order valence-electron chi connectivity index (χ1n) is 4.47. The number of benzene rings is 1. The molecule has 0 aromatic heterocycles. The molecular weight excluding hydrogens is 190 g/mol. The smallest absolute Gasteiger partial charge is 0.250 e. The van der Waals surface area contributed by atoms with Crippen molar-refractivity contribution >= 4 is 17.9 Å². The average Bonchev–Trinajstić information content (AvgIpc) is 2.16. The molecule has 0 radical (unpaired) electrons. The molecule has 15 heavy (non-hydrogen) atoms. The number of amides is 1. The second-order valence-electron chi connectivity index (χ2n) is 3.15. The van der Waals surface area contributed by atoms with Gasteiger partial charge in [0.15, 0.2) is 5.96 Å². The minimum absolute atomic E-state index is 0.353. The molecule has 4 N–H and O–H groups in total. The molecule has 0 aliphatic rings. The summed E-state index contributed by atoms with van der Waals surface area (Å²) in [6.07, 6.45) is 3.00. The summed E-state index contributed by atoms with van der Waals surface area (Å²) in [5.74, 6) is -0.753. The van der Waals surface area contributed by atoms with Crippen LogP contribution < -0.4 is 11.1 Å². The van der Waals surface area contributed by atoms with Crippen LogP contribution in [0, 0.1) is 12.3 Å². The van der Waals surface area contributed by atoms with Gasteiger partial charge in [0.2, 0.25) is 0 Å². The fourth-order valence-electron chi connectivity index (χ4n) is 1.02. The largest absolute Gasteiger partial charge is 0.370 e. The van der Waals surface area contributed by atoms with Crippen molar-refractivity contribution in [2.24, 2.45) is 5.73 Å². The molecule has 1 aromatic carbocycles. The maximum absolute atomic E-state index is 11.1. The van der Waals surface area contributed by atoms with Crippen LogP contribution in [0.15, 0.2) is 30.3 Å². The van der Waals surface area contributed by atoms with Gasteiger partial charge in [0, 0.05) is 6.08 Å². The van der Waals surface area contributed by atoms with Gasteiger partial charge in [-0.3, -0.25) is 15.5 Å². The van der Waals surface area contributed by atoms with Crippen molar-refractivity contribution in [1.29, 1.82) is 5.41 Å². The Morgan fingerprint density at radius 1 is 1.40 bits per heavy atom. The van der Waals surface area contributed by atoms with Crippen molar-refractivity contribution in [1.82, 2.24) is 5.32 Å². The lowest BCUT2D eigenvalue weighted by molar-refractivity contribution is -0.115. The van der Waals surface area contributed by atoms with Crippen molar-refractivity contribution in [2.75, 3.05) is 0 Å². The molecule has 4 heteroatoms. The Morgan fingerprint density at radius 3 is 2.53 bits per heavy atom. The standard InChI is InChI=1S/C11H13N3O/c1-8-2-4-9(5-3-8)6-7-10(15)14-11(12)13/h2-7H,1H3,(H4,12,13,14,15)/b7-6+. The summed E-state index contributed by atoms with van der Waals surface area (Å²) in [6.45, 7) is 2.00. The predicted molar refractivity (Wildman–Crippen MR) is 60.3 cm³/mol. The van der Waals surface area contributed by atoms with Crippen molar-refractivity contribution in [3.8, 4) is 0 Å². The van der Waals surface area contributed by atoms with Crippen LogP contribution in [-0.2, 0) is 4.79 Å². The number of carbonyl (C=O) groups excluding carboxylic acids is 1. The lowest BCUT2D eigenvalue weighted by Crippen LogP contribution is -2.34. The van der Waals surface area contributed by atoms with Crippen LogP contribution in [0.5, 0.6) is 0 Å². The summed E-state index contributed by atoms with van der Waals surface area (Å²) in [4.78, 5) is 11.1. The molecule has 1 aromatic rings. The monoisotopic (exact) mass is 203 g/mol. The molecule has 0 fully saturated rings. The highest BCUT2D eigenvalue weighted by Crippen LogP contribution is 2.04. The molecular formula is C11H13N3O. The maximum atomic E-state index is 11.1. The third kappa shape index (κ3) is 4.08. The van der Waals surface area contributed by atoms with Crippen LogP contribution in [0.2, 0.25) is 0 Å². The maximum Gasteiger partial charge on any atom is 0.250 e. The summed E-state index contributed by atoms with van der Waals surface area (Å²) in [7, 11) is 0. The zero-order valence-electron chi connectivity index (χ0n) is 8.45. The van der Waals surface area contributed by atoms with Crippen molar-refractivity contribution in [3.05, 3.63) is 41.5 Å². The molecule has 0 atom stereocenters. The van der Waals surface area contributed by atoms with E-state index in [0.29, 0.717) is 0 Å². The van der Waals surface area contributed by atoms with Gasteiger partial charge in [0.25, 0.3) is 5.91 Å². The van der Waals surface area contributed by atoms with Gasteiger partial charge in [0.1, 0.15) is 0 Å². The Labute approximate surface area is 88.3 Å². The molecule has 0 spiro atoms. The first-order valence-corrected chi connectivity index (χ1v) is 4.47. The van der Waals surface area contributed by atoms with E-state index in [1.54, 1.807) is 6.08 Å². The topological polar surface area (TPSA) is 79.0 Å². The second kappa shape index (κ2) is 4.95. The van der Waals surface area contributed by atoms with E-state index >= 15 is 0 Å². The first-order chi connectivity index (χ1) is 7.08. The fraction of sp³-hybridized carbons (Fsp3) is 0.0909. The fourth-order valence-corrected chi connectivity index (χ4v) is 1.02. The number of nitrogens with two attached hydrogens (primary N) is 1. The highest BCUT2D eigenvalue weighted by Gasteiger charge is 1.95. The Balaban J connectivity index is 2.61. The van der Waals surface area contributed by atoms with Gasteiger partial charge in [-0.05, 0) is 18.6 Å². The molecule has 0 saturated heterocycles. The normalized spacial score (nSPS) is 10.2. The molecule has 4 nitrogen and oxygen atoms in total. The molecule has 0 aliphatic carbocycles. The number of nitrogens with one attached hydrogen (secondary N) is 2. The SMILES string of the molecule is Cc1ccc(/C=C/C(=O)NC(=N)N)cc1. The molecule has 0 aliphatic heterocycles. The Hall–Kier alpha value is -2.10. The van der Waals surface area contributed by atoms with Gasteiger partial charge in [-0.1, -0.05) is 29.8 Å². The van der Waals surface area contributed by atoms with E-state index in [2.05, 4.69) is 5.32 Å². The summed E-state index contributed by atoms with van der Waals surface area (Å²) < 4.78 is 0. The molecule has 78 valence electrons. The molecule has 0 heterocycles. The van der Waals surface area contributed by atoms with Crippen LogP contribution in [0.3, 0.4) is 0 Å². The van der Waals surface area contributed by atoms with Gasteiger partial charge in [-0.25, -0.2) is 0 Å². The molecule has 0 unspecified atom stereocenters. The van der Waals surface area contributed by atoms with Crippen LogP contribution >= 0.6 is 0 Å². The highest BCUT2D eigenvalue weighted by atomic mass is 16.1. The van der Waals surface area contributed by atoms with E-state index in [-0.39, 0.29) is 5.96 Å². The number of carbonyl (C=O) groups is 1. The Morgan fingerprint density at radius 2 is 2.00 bits per heavy atom. The summed E-state index contributed by atoms with van der Waals surface area (Å²) in [5.41, 5.74) is 7.10. The lowest BCUT2D eigenvalue weighted by atomic mass is 10.1. The predicted octanol–water partition coefficient (Wildman–Crippen LogP) is 1.02. The average molecular weight is 203 g/mol. The second-order valence-corrected chi connectivity index (χ2v) is 3.15. The number of hydrogen-bond acceptors (Lipinski definition) is 2. The summed E-state index contributed by atoms with van der Waals surface area (Å²) in [6, 6.07) is 7.74. The third-order valence-electron chi connectivity index (χ3n) is 1.76. The zero-order chi connectivity index (χ0) is 11.3. The molecule has 1 rings (SSSR count). The van der Waals surface area contributed by atoms with E-state index in [1.165, 1.54) is 11.6 Å². The van der Waals surface area contributed by atoms with E-state index in [1.807, 2.05) is 31.2 Å². The van der Waals surface area contributed by atoms with E-state index in [0.717, 1.165) is 5.56 Å². The van der Waals surface area contributed by atoms with E-state index < -0.39 is 5.91 Å². The van der Waals surface area contributed by atoms with Crippen molar-refractivity contribution in [3.63, 3.8) is 0 Å². The first kappa shape index (κ1) is 11.0. The van der Waals surface area contributed by atoms with Gasteiger partial charge in [0.05, 0.1) is 0 Å². The highest BCUT2D eigenvalue weighted by molar-refractivity contribution is 6.02. The quantitative estimate of drug-likeness (QED) is 0.381. The summed E-state index contributed by atoms with van der Waals surface area (Å²) >= 11 is 0.